The molecular weight excluding hydrogens is 454 g/mol. The second-order valence-electron chi connectivity index (χ2n) is 3.53. The van der Waals surface area contributed by atoms with Gasteiger partial charge in [0.1, 0.15) is 0 Å². The molecule has 0 spiro atoms. The molecule has 18 heavy (non-hydrogen) atoms. The zero-order valence-electron chi connectivity index (χ0n) is 10.1. The number of rotatable bonds is 4. The van der Waals surface area contributed by atoms with Crippen molar-refractivity contribution >= 4 is 22.6 Å². The van der Waals surface area contributed by atoms with Crippen LogP contribution in [0.4, 0.5) is 0 Å². The number of hydrogen-bond acceptors (Lipinski definition) is 2. The van der Waals surface area contributed by atoms with Crippen LogP contribution in [0.1, 0.15) is 0 Å². The zero-order valence-corrected chi connectivity index (χ0v) is 14.4. The molecular formula is C14H13I2O2-. The van der Waals surface area contributed by atoms with Crippen LogP contribution in [0.5, 0.6) is 11.5 Å². The first kappa shape index (κ1) is 13.9. The minimum atomic E-state index is -0.193. The first-order chi connectivity index (χ1) is 8.72. The van der Waals surface area contributed by atoms with Crippen molar-refractivity contribution in [1.82, 2.24) is 0 Å². The van der Waals surface area contributed by atoms with Gasteiger partial charge in [0, 0.05) is 0 Å². The quantitative estimate of drug-likeness (QED) is 0.609. The molecule has 0 aromatic heterocycles. The summed E-state index contributed by atoms with van der Waals surface area (Å²) in [4.78, 5) is 0. The Morgan fingerprint density at radius 3 is 2.44 bits per heavy atom. The second-order valence-corrected chi connectivity index (χ2v) is 7.73. The number of hydrogen-bond donors (Lipinski definition) is 0. The average molecular weight is 467 g/mol. The van der Waals surface area contributed by atoms with E-state index in [9.17, 15) is 0 Å². The summed E-state index contributed by atoms with van der Waals surface area (Å²) >= 11 is 2.09. The van der Waals surface area contributed by atoms with Gasteiger partial charge in [-0.2, -0.15) is 0 Å². The fourth-order valence-corrected chi connectivity index (χ4v) is 4.39. The fourth-order valence-electron chi connectivity index (χ4n) is 1.47. The summed E-state index contributed by atoms with van der Waals surface area (Å²) in [6.45, 7) is 0. The van der Waals surface area contributed by atoms with E-state index in [0.29, 0.717) is 0 Å². The van der Waals surface area contributed by atoms with Crippen LogP contribution in [-0.4, -0.2) is 14.2 Å². The molecule has 0 radical (unpaired) electrons. The molecule has 0 saturated heterocycles. The Balaban J connectivity index is 2.22. The second kappa shape index (κ2) is 6.60. The molecule has 0 amide bonds. The molecule has 0 heterocycles. The summed E-state index contributed by atoms with van der Waals surface area (Å²) in [5, 5.41) is 0. The van der Waals surface area contributed by atoms with Crippen LogP contribution in [0.3, 0.4) is 0 Å². The molecule has 2 nitrogen and oxygen atoms in total. The Morgan fingerprint density at radius 2 is 1.72 bits per heavy atom. The predicted octanol–water partition coefficient (Wildman–Crippen LogP) is 0.437. The maximum atomic E-state index is 5.35. The van der Waals surface area contributed by atoms with Gasteiger partial charge >= 0.3 is 132 Å². The molecule has 4 heteroatoms. The molecule has 2 rings (SSSR count). The molecule has 2 aromatic carbocycles. The van der Waals surface area contributed by atoms with Gasteiger partial charge < -0.3 is 0 Å². The summed E-state index contributed by atoms with van der Waals surface area (Å²) in [7, 11) is 3.41. The van der Waals surface area contributed by atoms with Crippen LogP contribution in [0.25, 0.3) is 0 Å². The molecule has 0 aliphatic carbocycles. The first-order valence-corrected chi connectivity index (χ1v) is 8.59. The van der Waals surface area contributed by atoms with Crippen LogP contribution in [0, 0.1) is 10.7 Å². The number of ether oxygens (including phenoxy) is 2. The van der Waals surface area contributed by atoms with Crippen molar-refractivity contribution < 1.29 is 30.7 Å². The Hall–Kier alpha value is -0.500. The molecule has 0 N–H and O–H groups in total. The van der Waals surface area contributed by atoms with Gasteiger partial charge in [0.05, 0.1) is 0 Å². The Labute approximate surface area is 131 Å². The van der Waals surface area contributed by atoms with Gasteiger partial charge in [0.2, 0.25) is 0 Å². The Kier molecular flexibility index (Phi) is 5.11. The molecule has 0 aliphatic rings. The SMILES string of the molecule is COc1cccc([I-]c2ccc(I)c(OC)c2)c1. The molecule has 0 bridgehead atoms. The summed E-state index contributed by atoms with van der Waals surface area (Å²) in [5.41, 5.74) is 0. The van der Waals surface area contributed by atoms with Crippen molar-refractivity contribution in [2.45, 2.75) is 0 Å². The van der Waals surface area contributed by atoms with Crippen LogP contribution in [0.2, 0.25) is 0 Å². The average Bonchev–Trinajstić information content (AvgIpc) is 2.41. The molecule has 0 atom stereocenters. The predicted molar refractivity (Wildman–Crippen MR) is 76.1 cm³/mol. The van der Waals surface area contributed by atoms with E-state index in [1.807, 2.05) is 12.1 Å². The topological polar surface area (TPSA) is 18.5 Å². The van der Waals surface area contributed by atoms with Gasteiger partial charge in [-0.15, -0.1) is 0 Å². The molecule has 0 saturated carbocycles. The molecule has 0 aliphatic heterocycles. The third kappa shape index (κ3) is 3.50. The number of benzene rings is 2. The van der Waals surface area contributed by atoms with E-state index in [0.717, 1.165) is 15.1 Å². The van der Waals surface area contributed by atoms with Gasteiger partial charge in [-0.25, -0.2) is 0 Å². The monoisotopic (exact) mass is 467 g/mol. The van der Waals surface area contributed by atoms with Gasteiger partial charge in [0.15, 0.2) is 0 Å². The summed E-state index contributed by atoms with van der Waals surface area (Å²) in [5.74, 6) is 1.88. The fraction of sp³-hybridized carbons (Fsp3) is 0.143. The van der Waals surface area contributed by atoms with Gasteiger partial charge in [0.25, 0.3) is 0 Å². The van der Waals surface area contributed by atoms with Crippen LogP contribution < -0.4 is 30.7 Å². The van der Waals surface area contributed by atoms with E-state index < -0.39 is 0 Å². The normalized spacial score (nSPS) is 10.4. The van der Waals surface area contributed by atoms with Crippen LogP contribution in [-0.2, 0) is 0 Å². The van der Waals surface area contributed by atoms with E-state index in [4.69, 9.17) is 9.47 Å². The summed E-state index contributed by atoms with van der Waals surface area (Å²) < 4.78 is 14.4. The molecule has 0 unspecified atom stereocenters. The zero-order chi connectivity index (χ0) is 13.0. The third-order valence-electron chi connectivity index (χ3n) is 2.36. The maximum absolute atomic E-state index is 5.35. The van der Waals surface area contributed by atoms with E-state index in [2.05, 4.69) is 52.9 Å². The van der Waals surface area contributed by atoms with Crippen LogP contribution in [0.15, 0.2) is 42.5 Å². The van der Waals surface area contributed by atoms with E-state index >= 15 is 0 Å². The van der Waals surface area contributed by atoms with Gasteiger partial charge in [-0.1, -0.05) is 0 Å². The summed E-state index contributed by atoms with van der Waals surface area (Å²) in [6.07, 6.45) is 0. The van der Waals surface area contributed by atoms with E-state index in [1.54, 1.807) is 14.2 Å². The Morgan fingerprint density at radius 1 is 0.944 bits per heavy atom. The third-order valence-corrected chi connectivity index (χ3v) is 5.84. The van der Waals surface area contributed by atoms with Crippen molar-refractivity contribution in [2.75, 3.05) is 14.2 Å². The van der Waals surface area contributed by atoms with Crippen molar-refractivity contribution in [2.24, 2.45) is 0 Å². The van der Waals surface area contributed by atoms with Crippen molar-refractivity contribution in [3.63, 3.8) is 0 Å². The number of halogens is 2. The number of methoxy groups -OCH3 is 2. The van der Waals surface area contributed by atoms with Crippen LogP contribution >= 0.6 is 22.6 Å². The molecule has 2 aromatic rings. The van der Waals surface area contributed by atoms with Gasteiger partial charge in [-0.05, 0) is 0 Å². The first-order valence-electron chi connectivity index (χ1n) is 5.35. The Bertz CT molecular complexity index is 541. The van der Waals surface area contributed by atoms with E-state index in [1.165, 1.54) is 7.14 Å². The van der Waals surface area contributed by atoms with E-state index in [-0.39, 0.29) is 21.2 Å². The van der Waals surface area contributed by atoms with Crippen molar-refractivity contribution in [1.29, 1.82) is 0 Å². The van der Waals surface area contributed by atoms with Gasteiger partial charge in [-0.3, -0.25) is 0 Å². The minimum absolute atomic E-state index is 0.193. The van der Waals surface area contributed by atoms with Crippen molar-refractivity contribution in [3.05, 3.63) is 53.2 Å². The standard InChI is InChI=1S/C14H13I2O2/c1-17-12-5-3-4-10(8-12)16-11-6-7-13(15)14(9-11)18-2/h3-9H,1-2H3/q-1. The molecule has 0 fully saturated rings. The summed E-state index contributed by atoms with van der Waals surface area (Å²) in [6, 6.07) is 14.7. The van der Waals surface area contributed by atoms with Crippen molar-refractivity contribution in [3.8, 4) is 11.5 Å². The molecule has 96 valence electrons.